The lowest BCUT2D eigenvalue weighted by atomic mass is 10.2. The average molecular weight is 378 g/mol. The van der Waals surface area contributed by atoms with Gasteiger partial charge < -0.3 is 4.57 Å². The monoisotopic (exact) mass is 378 g/mol. The molecule has 3 heterocycles. The summed E-state index contributed by atoms with van der Waals surface area (Å²) < 4.78 is 40.5. The van der Waals surface area contributed by atoms with E-state index in [1.807, 2.05) is 32.1 Å². The molecule has 3 rings (SSSR count). The summed E-state index contributed by atoms with van der Waals surface area (Å²) >= 11 is 1.61. The molecule has 0 aliphatic rings. The molecule has 0 amide bonds. The number of alkyl halides is 3. The number of allylic oxidation sites excluding steroid dienone is 1. The molecular formula is C18H17F3N4S. The van der Waals surface area contributed by atoms with Crippen LogP contribution in [-0.2, 0) is 13.2 Å². The first-order valence-electron chi connectivity index (χ1n) is 8.00. The van der Waals surface area contributed by atoms with E-state index in [2.05, 4.69) is 15.0 Å². The van der Waals surface area contributed by atoms with Crippen LogP contribution in [0.1, 0.15) is 25.0 Å². The third-order valence-electron chi connectivity index (χ3n) is 3.78. The van der Waals surface area contributed by atoms with Gasteiger partial charge in [-0.2, -0.15) is 13.2 Å². The summed E-state index contributed by atoms with van der Waals surface area (Å²) in [6.07, 6.45) is 1.98. The molecule has 3 aromatic heterocycles. The third-order valence-corrected chi connectivity index (χ3v) is 4.69. The normalized spacial score (nSPS) is 12.4. The van der Waals surface area contributed by atoms with Gasteiger partial charge in [0, 0.05) is 24.3 Å². The zero-order valence-corrected chi connectivity index (χ0v) is 15.3. The Morgan fingerprint density at radius 1 is 1.19 bits per heavy atom. The molecule has 0 aliphatic heterocycles. The molecule has 4 nitrogen and oxygen atoms in total. The number of rotatable bonds is 4. The highest BCUT2D eigenvalue weighted by Crippen LogP contribution is 2.34. The Balaban J connectivity index is 2.17. The zero-order chi connectivity index (χ0) is 18.9. The maximum Gasteiger partial charge on any atom is 0.417 e. The molecule has 0 aromatic carbocycles. The first-order chi connectivity index (χ1) is 12.3. The van der Waals surface area contributed by atoms with Crippen molar-refractivity contribution in [3.63, 3.8) is 0 Å². The van der Waals surface area contributed by atoms with Crippen LogP contribution in [0.2, 0.25) is 0 Å². The number of pyridine rings is 2. The zero-order valence-electron chi connectivity index (χ0n) is 14.5. The van der Waals surface area contributed by atoms with Crippen LogP contribution in [0.5, 0.6) is 0 Å². The van der Waals surface area contributed by atoms with E-state index in [1.54, 1.807) is 29.6 Å². The molecule has 0 bridgehead atoms. The van der Waals surface area contributed by atoms with E-state index < -0.39 is 11.7 Å². The number of aromatic nitrogens is 4. The number of hydrogen-bond acceptors (Lipinski definition) is 4. The van der Waals surface area contributed by atoms with E-state index in [1.165, 1.54) is 0 Å². The molecule has 0 unspecified atom stereocenters. The maximum absolute atomic E-state index is 12.9. The number of hydrogen-bond donors (Lipinski definition) is 0. The molecule has 0 spiro atoms. The second-order valence-corrected chi connectivity index (χ2v) is 6.91. The summed E-state index contributed by atoms with van der Waals surface area (Å²) in [7, 11) is 1.73. The molecule has 8 heteroatoms. The summed E-state index contributed by atoms with van der Waals surface area (Å²) in [4.78, 5) is 13.8. The highest BCUT2D eigenvalue weighted by Gasteiger charge is 2.32. The number of nitrogens with zero attached hydrogens (tertiary/aromatic N) is 4. The number of fused-ring (bicyclic) bond motifs is 1. The Morgan fingerprint density at radius 3 is 2.62 bits per heavy atom. The topological polar surface area (TPSA) is 43.6 Å². The highest BCUT2D eigenvalue weighted by atomic mass is 32.2. The van der Waals surface area contributed by atoms with E-state index in [9.17, 15) is 13.2 Å². The van der Waals surface area contributed by atoms with Crippen molar-refractivity contribution < 1.29 is 13.2 Å². The molecule has 3 aromatic rings. The molecular weight excluding hydrogens is 361 g/mol. The minimum absolute atomic E-state index is 0.198. The van der Waals surface area contributed by atoms with E-state index in [-0.39, 0.29) is 5.52 Å². The number of halogens is 3. The van der Waals surface area contributed by atoms with Crippen LogP contribution in [-0.4, -0.2) is 25.3 Å². The molecule has 0 radical (unpaired) electrons. The van der Waals surface area contributed by atoms with Gasteiger partial charge in [-0.05, 0) is 30.4 Å². The average Bonchev–Trinajstić information content (AvgIpc) is 2.91. The van der Waals surface area contributed by atoms with Crippen molar-refractivity contribution in [2.45, 2.75) is 24.9 Å². The van der Waals surface area contributed by atoms with Gasteiger partial charge in [0.05, 0.1) is 5.56 Å². The maximum atomic E-state index is 12.9. The Morgan fingerprint density at radius 2 is 1.96 bits per heavy atom. The fraction of sp³-hybridized carbons (Fsp3) is 0.278. The van der Waals surface area contributed by atoms with Crippen molar-refractivity contribution in [2.75, 3.05) is 5.75 Å². The van der Waals surface area contributed by atoms with E-state index in [0.717, 1.165) is 28.5 Å². The van der Waals surface area contributed by atoms with Crippen LogP contribution < -0.4 is 0 Å². The molecule has 0 atom stereocenters. The lowest BCUT2D eigenvalue weighted by Gasteiger charge is -2.08. The molecule has 26 heavy (non-hydrogen) atoms. The standard InChI is InChI=1S/C18H17F3N4S/c1-4-6-11-7-14(26-5-2)15(22-9-11)17-24-13-8-12(18(19,20)21)10-23-16(13)25(17)3/h4,6-10H,5H2,1-3H3/b6-4+. The second-order valence-electron chi connectivity index (χ2n) is 5.61. The summed E-state index contributed by atoms with van der Waals surface area (Å²) in [5.41, 5.74) is 1.38. The van der Waals surface area contributed by atoms with Gasteiger partial charge in [0.15, 0.2) is 11.5 Å². The van der Waals surface area contributed by atoms with Gasteiger partial charge in [-0.25, -0.2) is 9.97 Å². The Kier molecular flexibility index (Phi) is 5.04. The van der Waals surface area contributed by atoms with Gasteiger partial charge in [-0.1, -0.05) is 19.1 Å². The Labute approximate surface area is 153 Å². The fourth-order valence-corrected chi connectivity index (χ4v) is 3.43. The van der Waals surface area contributed by atoms with Gasteiger partial charge in [0.1, 0.15) is 11.2 Å². The molecule has 136 valence electrons. The molecule has 0 saturated carbocycles. The smallest absolute Gasteiger partial charge is 0.310 e. The summed E-state index contributed by atoms with van der Waals surface area (Å²) in [6, 6.07) is 3.02. The van der Waals surface area contributed by atoms with E-state index in [4.69, 9.17) is 0 Å². The van der Waals surface area contributed by atoms with Gasteiger partial charge in [-0.15, -0.1) is 11.8 Å². The van der Waals surface area contributed by atoms with E-state index in [0.29, 0.717) is 17.2 Å². The minimum atomic E-state index is -4.45. The predicted octanol–water partition coefficient (Wildman–Crippen LogP) is 5.19. The van der Waals surface area contributed by atoms with Crippen molar-refractivity contribution in [3.05, 3.63) is 41.7 Å². The van der Waals surface area contributed by atoms with Crippen LogP contribution in [0.25, 0.3) is 28.8 Å². The van der Waals surface area contributed by atoms with Crippen molar-refractivity contribution in [2.24, 2.45) is 7.05 Å². The second kappa shape index (κ2) is 7.11. The molecule has 0 saturated heterocycles. The van der Waals surface area contributed by atoms with Crippen LogP contribution in [0, 0.1) is 0 Å². The fourth-order valence-electron chi connectivity index (χ4n) is 2.62. The van der Waals surface area contributed by atoms with Crippen LogP contribution in [0.3, 0.4) is 0 Å². The highest BCUT2D eigenvalue weighted by molar-refractivity contribution is 7.99. The number of thioether (sulfide) groups is 1. The summed E-state index contributed by atoms with van der Waals surface area (Å²) in [5.74, 6) is 1.34. The third kappa shape index (κ3) is 3.46. The lowest BCUT2D eigenvalue weighted by Crippen LogP contribution is -2.05. The number of aryl methyl sites for hydroxylation is 1. The van der Waals surface area contributed by atoms with Crippen molar-refractivity contribution >= 4 is 29.0 Å². The van der Waals surface area contributed by atoms with Gasteiger partial charge in [0.25, 0.3) is 0 Å². The van der Waals surface area contributed by atoms with Crippen molar-refractivity contribution in [3.8, 4) is 11.5 Å². The summed E-state index contributed by atoms with van der Waals surface area (Å²) in [5, 5.41) is 0. The predicted molar refractivity (Wildman–Crippen MR) is 97.8 cm³/mol. The lowest BCUT2D eigenvalue weighted by molar-refractivity contribution is -0.137. The van der Waals surface area contributed by atoms with Crippen LogP contribution in [0.15, 0.2) is 35.5 Å². The molecule has 0 fully saturated rings. The number of imidazole rings is 1. The SMILES string of the molecule is C/C=C/c1cnc(-c2nc3cc(C(F)(F)F)cnc3n2C)c(SCC)c1. The Hall–Kier alpha value is -2.35. The van der Waals surface area contributed by atoms with Crippen molar-refractivity contribution in [1.82, 2.24) is 19.5 Å². The Bertz CT molecular complexity index is 976. The van der Waals surface area contributed by atoms with E-state index >= 15 is 0 Å². The molecule has 0 N–H and O–H groups in total. The van der Waals surface area contributed by atoms with Gasteiger partial charge >= 0.3 is 6.18 Å². The van der Waals surface area contributed by atoms with Gasteiger partial charge in [-0.3, -0.25) is 4.98 Å². The first-order valence-corrected chi connectivity index (χ1v) is 8.99. The van der Waals surface area contributed by atoms with Gasteiger partial charge in [0.2, 0.25) is 0 Å². The minimum Gasteiger partial charge on any atom is -0.310 e. The van der Waals surface area contributed by atoms with Crippen LogP contribution in [0.4, 0.5) is 13.2 Å². The largest absolute Gasteiger partial charge is 0.417 e. The summed E-state index contributed by atoms with van der Waals surface area (Å²) in [6.45, 7) is 3.96. The first kappa shape index (κ1) is 18.4. The van der Waals surface area contributed by atoms with Crippen molar-refractivity contribution in [1.29, 1.82) is 0 Å². The molecule has 0 aliphatic carbocycles. The van der Waals surface area contributed by atoms with Crippen LogP contribution >= 0.6 is 11.8 Å². The quantitative estimate of drug-likeness (QED) is 0.586.